The molecule has 3 aliphatic rings. The van der Waals surface area contributed by atoms with Gasteiger partial charge in [0, 0.05) is 50.2 Å². The maximum Gasteiger partial charge on any atom is 0.0594 e. The highest BCUT2D eigenvalue weighted by molar-refractivity contribution is 7.10. The standard InChI is InChI=1S/C17H27N3OS/c1-2-4-18(3-1)10-15-9-17(22-14-15)13-19-11-16(12-19)20-5-7-21-8-6-20/h9,14,16H,1-8,10-13H2. The van der Waals surface area contributed by atoms with Gasteiger partial charge < -0.3 is 4.74 Å². The molecule has 0 spiro atoms. The van der Waals surface area contributed by atoms with Crippen LogP contribution in [0.15, 0.2) is 11.4 Å². The summed E-state index contributed by atoms with van der Waals surface area (Å²) in [6.07, 6.45) is 2.77. The van der Waals surface area contributed by atoms with Crippen LogP contribution in [0.2, 0.25) is 0 Å². The van der Waals surface area contributed by atoms with E-state index in [1.54, 1.807) is 0 Å². The summed E-state index contributed by atoms with van der Waals surface area (Å²) in [5.41, 5.74) is 1.52. The topological polar surface area (TPSA) is 19.0 Å². The van der Waals surface area contributed by atoms with E-state index < -0.39 is 0 Å². The van der Waals surface area contributed by atoms with Crippen LogP contribution in [0.3, 0.4) is 0 Å². The van der Waals surface area contributed by atoms with Crippen LogP contribution in [0.5, 0.6) is 0 Å². The lowest BCUT2D eigenvalue weighted by atomic mass is 10.1. The summed E-state index contributed by atoms with van der Waals surface area (Å²) in [6.45, 7) is 11.4. The normalized spacial score (nSPS) is 25.6. The lowest BCUT2D eigenvalue weighted by Crippen LogP contribution is -2.60. The first-order valence-electron chi connectivity index (χ1n) is 8.69. The largest absolute Gasteiger partial charge is 0.379 e. The Morgan fingerprint density at radius 2 is 1.77 bits per heavy atom. The van der Waals surface area contributed by atoms with Crippen molar-refractivity contribution in [2.75, 3.05) is 52.5 Å². The van der Waals surface area contributed by atoms with Crippen LogP contribution in [0, 0.1) is 0 Å². The molecule has 1 aromatic rings. The summed E-state index contributed by atoms with van der Waals surface area (Å²) < 4.78 is 5.44. The van der Waals surface area contributed by atoms with Crippen molar-refractivity contribution in [2.45, 2.75) is 32.0 Å². The van der Waals surface area contributed by atoms with Gasteiger partial charge in [0.25, 0.3) is 0 Å². The average molecular weight is 321 g/mol. The number of thiophene rings is 1. The number of likely N-dealkylation sites (tertiary alicyclic amines) is 2. The number of ether oxygens (including phenoxy) is 1. The Bertz CT molecular complexity index is 474. The molecule has 0 saturated carbocycles. The predicted molar refractivity (Wildman–Crippen MR) is 90.3 cm³/mol. The van der Waals surface area contributed by atoms with Crippen molar-refractivity contribution in [3.05, 3.63) is 21.9 Å². The Balaban J connectivity index is 1.22. The molecule has 4 heterocycles. The molecule has 3 fully saturated rings. The minimum atomic E-state index is 0.771. The first kappa shape index (κ1) is 15.1. The van der Waals surface area contributed by atoms with Crippen molar-refractivity contribution in [1.29, 1.82) is 0 Å². The van der Waals surface area contributed by atoms with Gasteiger partial charge in [-0.15, -0.1) is 11.3 Å². The number of morpholine rings is 1. The zero-order chi connectivity index (χ0) is 14.8. The minimum absolute atomic E-state index is 0.771. The molecule has 3 aliphatic heterocycles. The van der Waals surface area contributed by atoms with Crippen LogP contribution in [-0.2, 0) is 17.8 Å². The van der Waals surface area contributed by atoms with Crippen molar-refractivity contribution in [3.8, 4) is 0 Å². The summed E-state index contributed by atoms with van der Waals surface area (Å²) in [4.78, 5) is 9.32. The predicted octanol–water partition coefficient (Wildman–Crippen LogP) is 1.86. The number of hydrogen-bond acceptors (Lipinski definition) is 5. The third kappa shape index (κ3) is 3.54. The van der Waals surface area contributed by atoms with Crippen LogP contribution in [0.1, 0.15) is 23.3 Å². The molecule has 0 aliphatic carbocycles. The second-order valence-corrected chi connectivity index (χ2v) is 7.90. The smallest absolute Gasteiger partial charge is 0.0594 e. The van der Waals surface area contributed by atoms with E-state index in [9.17, 15) is 0 Å². The van der Waals surface area contributed by atoms with Gasteiger partial charge >= 0.3 is 0 Å². The van der Waals surface area contributed by atoms with Crippen LogP contribution in [0.4, 0.5) is 0 Å². The van der Waals surface area contributed by atoms with E-state index in [2.05, 4.69) is 26.1 Å². The molecule has 5 heteroatoms. The molecule has 0 atom stereocenters. The Morgan fingerprint density at radius 3 is 2.55 bits per heavy atom. The zero-order valence-electron chi connectivity index (χ0n) is 13.4. The Labute approximate surface area is 137 Å². The minimum Gasteiger partial charge on any atom is -0.379 e. The molecule has 0 unspecified atom stereocenters. The van der Waals surface area contributed by atoms with Gasteiger partial charge in [-0.2, -0.15) is 0 Å². The van der Waals surface area contributed by atoms with Gasteiger partial charge in [0.2, 0.25) is 0 Å². The molecule has 22 heavy (non-hydrogen) atoms. The highest BCUT2D eigenvalue weighted by Crippen LogP contribution is 2.24. The third-order valence-electron chi connectivity index (χ3n) is 5.19. The monoisotopic (exact) mass is 321 g/mol. The average Bonchev–Trinajstić information content (AvgIpc) is 3.16. The van der Waals surface area contributed by atoms with Crippen molar-refractivity contribution >= 4 is 11.3 Å². The van der Waals surface area contributed by atoms with Crippen molar-refractivity contribution in [3.63, 3.8) is 0 Å². The van der Waals surface area contributed by atoms with E-state index in [1.807, 2.05) is 11.3 Å². The van der Waals surface area contributed by atoms with E-state index in [-0.39, 0.29) is 0 Å². The highest BCUT2D eigenvalue weighted by atomic mass is 32.1. The fraction of sp³-hybridized carbons (Fsp3) is 0.765. The molecule has 1 aromatic heterocycles. The second-order valence-electron chi connectivity index (χ2n) is 6.90. The van der Waals surface area contributed by atoms with Crippen LogP contribution >= 0.6 is 11.3 Å². The Hall–Kier alpha value is -0.460. The molecular formula is C17H27N3OS. The van der Waals surface area contributed by atoms with E-state index in [0.29, 0.717) is 0 Å². The van der Waals surface area contributed by atoms with E-state index in [1.165, 1.54) is 49.5 Å². The van der Waals surface area contributed by atoms with Crippen LogP contribution in [0.25, 0.3) is 0 Å². The molecule has 3 saturated heterocycles. The molecule has 4 nitrogen and oxygen atoms in total. The van der Waals surface area contributed by atoms with Gasteiger partial charge in [-0.25, -0.2) is 0 Å². The fourth-order valence-electron chi connectivity index (χ4n) is 3.86. The molecule has 0 amide bonds. The Kier molecular flexibility index (Phi) is 4.78. The van der Waals surface area contributed by atoms with Crippen LogP contribution < -0.4 is 0 Å². The van der Waals surface area contributed by atoms with Gasteiger partial charge in [-0.3, -0.25) is 14.7 Å². The molecule has 0 bridgehead atoms. The SMILES string of the molecule is c1sc(CN2CC(N3CCOCC3)C2)cc1CN1CCCC1. The fourth-order valence-corrected chi connectivity index (χ4v) is 4.78. The summed E-state index contributed by atoms with van der Waals surface area (Å²) >= 11 is 1.95. The summed E-state index contributed by atoms with van der Waals surface area (Å²) in [7, 11) is 0. The number of nitrogens with zero attached hydrogens (tertiary/aromatic N) is 3. The van der Waals surface area contributed by atoms with E-state index in [0.717, 1.165) is 45.4 Å². The molecule has 0 N–H and O–H groups in total. The zero-order valence-corrected chi connectivity index (χ0v) is 14.2. The second kappa shape index (κ2) is 6.97. The van der Waals surface area contributed by atoms with E-state index in [4.69, 9.17) is 4.74 Å². The summed E-state index contributed by atoms with van der Waals surface area (Å²) in [6, 6.07) is 3.21. The lowest BCUT2D eigenvalue weighted by Gasteiger charge is -2.46. The first-order chi connectivity index (χ1) is 10.9. The third-order valence-corrected chi connectivity index (χ3v) is 6.16. The summed E-state index contributed by atoms with van der Waals surface area (Å²) in [5, 5.41) is 2.37. The maximum absolute atomic E-state index is 5.44. The quantitative estimate of drug-likeness (QED) is 0.824. The lowest BCUT2D eigenvalue weighted by molar-refractivity contribution is -0.0341. The van der Waals surface area contributed by atoms with Crippen molar-refractivity contribution in [1.82, 2.24) is 14.7 Å². The molecule has 4 rings (SSSR count). The molecule has 0 radical (unpaired) electrons. The Morgan fingerprint density at radius 1 is 1.00 bits per heavy atom. The molecule has 122 valence electrons. The number of rotatable bonds is 5. The molecular weight excluding hydrogens is 294 g/mol. The van der Waals surface area contributed by atoms with Crippen LogP contribution in [-0.4, -0.2) is 73.2 Å². The van der Waals surface area contributed by atoms with E-state index >= 15 is 0 Å². The maximum atomic E-state index is 5.44. The van der Waals surface area contributed by atoms with Gasteiger partial charge in [-0.05, 0) is 42.9 Å². The van der Waals surface area contributed by atoms with Crippen molar-refractivity contribution < 1.29 is 4.74 Å². The van der Waals surface area contributed by atoms with Gasteiger partial charge in [0.1, 0.15) is 0 Å². The number of hydrogen-bond donors (Lipinski definition) is 0. The molecule has 0 aromatic carbocycles. The summed E-state index contributed by atoms with van der Waals surface area (Å²) in [5.74, 6) is 0. The highest BCUT2D eigenvalue weighted by Gasteiger charge is 2.32. The van der Waals surface area contributed by atoms with Gasteiger partial charge in [0.05, 0.1) is 13.2 Å². The van der Waals surface area contributed by atoms with Gasteiger partial charge in [0.15, 0.2) is 0 Å². The first-order valence-corrected chi connectivity index (χ1v) is 9.57. The van der Waals surface area contributed by atoms with Gasteiger partial charge in [-0.1, -0.05) is 0 Å². The van der Waals surface area contributed by atoms with Crippen molar-refractivity contribution in [2.24, 2.45) is 0 Å².